The molecule has 1 rings (SSSR count). The van der Waals surface area contributed by atoms with E-state index in [0.29, 0.717) is 0 Å². The Balaban J connectivity index is 2.93. The van der Waals surface area contributed by atoms with Crippen molar-refractivity contribution < 1.29 is 8.85 Å². The molecule has 0 aliphatic carbocycles. The van der Waals surface area contributed by atoms with Gasteiger partial charge in [-0.2, -0.15) is 0 Å². The van der Waals surface area contributed by atoms with Crippen LogP contribution in [0.15, 0.2) is 30.3 Å². The Morgan fingerprint density at radius 1 is 0.952 bits per heavy atom. The van der Waals surface area contributed by atoms with E-state index in [9.17, 15) is 0 Å². The minimum atomic E-state index is -1.60. The van der Waals surface area contributed by atoms with Gasteiger partial charge >= 0.3 is 0 Å². The number of unbranched alkanes of at least 4 members (excludes halogenated alkanes) is 1. The number of hydrogen-bond acceptors (Lipinski definition) is 2. The maximum Gasteiger partial charge on any atom is 0.242 e. The van der Waals surface area contributed by atoms with E-state index in [-0.39, 0.29) is 0 Å². The Hall–Kier alpha value is -1.01. The Labute approximate surface area is 132 Å². The van der Waals surface area contributed by atoms with Gasteiger partial charge in [0.25, 0.3) is 0 Å². The predicted octanol–water partition coefficient (Wildman–Crippen LogP) is 5.89. The van der Waals surface area contributed by atoms with Crippen molar-refractivity contribution in [2.45, 2.75) is 59.0 Å². The fraction of sp³-hybridized carbons (Fsp3) is 0.529. The molecule has 0 spiro atoms. The van der Waals surface area contributed by atoms with Gasteiger partial charge in [0.15, 0.2) is 0 Å². The Bertz CT molecular complexity index is 465. The van der Waals surface area contributed by atoms with E-state index >= 15 is 0 Å². The second-order valence-corrected chi connectivity index (χ2v) is 16.2. The summed E-state index contributed by atoms with van der Waals surface area (Å²) < 4.78 is 12.2. The molecule has 0 bridgehead atoms. The third kappa shape index (κ3) is 7.53. The van der Waals surface area contributed by atoms with Crippen LogP contribution in [0.4, 0.5) is 0 Å². The summed E-state index contributed by atoms with van der Waals surface area (Å²) in [6.45, 7) is 15.4. The van der Waals surface area contributed by atoms with Crippen molar-refractivity contribution in [2.24, 2.45) is 0 Å². The second-order valence-electron chi connectivity index (χ2n) is 7.31. The van der Waals surface area contributed by atoms with Gasteiger partial charge in [0, 0.05) is 5.56 Å². The van der Waals surface area contributed by atoms with Crippen LogP contribution in [0.5, 0.6) is 5.75 Å². The molecule has 21 heavy (non-hydrogen) atoms. The molecule has 0 aromatic heterocycles. The summed E-state index contributed by atoms with van der Waals surface area (Å²) in [5.41, 5.74) is 1.15. The topological polar surface area (TPSA) is 18.5 Å². The van der Waals surface area contributed by atoms with Crippen molar-refractivity contribution in [3.05, 3.63) is 35.9 Å². The smallest absolute Gasteiger partial charge is 0.242 e. The lowest BCUT2D eigenvalue weighted by molar-refractivity contribution is 0.511. The first-order valence-corrected chi connectivity index (χ1v) is 14.6. The Morgan fingerprint density at radius 2 is 1.52 bits per heavy atom. The standard InChI is InChI=1S/C17H30O2Si2/c1-8-9-10-17(19-21(5,6)7)15-11-13-16(14-12-15)18-20(2,3)4/h10-14H,8-9H2,1-7H3/b17-10+. The van der Waals surface area contributed by atoms with Gasteiger partial charge < -0.3 is 8.85 Å². The number of allylic oxidation sites excluding steroid dienone is 1. The monoisotopic (exact) mass is 322 g/mol. The molecule has 0 fully saturated rings. The lowest BCUT2D eigenvalue weighted by atomic mass is 10.1. The van der Waals surface area contributed by atoms with E-state index in [4.69, 9.17) is 8.85 Å². The molecule has 0 unspecified atom stereocenters. The van der Waals surface area contributed by atoms with Crippen LogP contribution in [0, 0.1) is 0 Å². The minimum absolute atomic E-state index is 0.959. The van der Waals surface area contributed by atoms with Gasteiger partial charge in [0.2, 0.25) is 16.6 Å². The average molecular weight is 323 g/mol. The van der Waals surface area contributed by atoms with Gasteiger partial charge in [0.05, 0.1) is 0 Å². The molecular formula is C17H30O2Si2. The maximum atomic E-state index is 6.23. The zero-order valence-electron chi connectivity index (χ0n) is 14.6. The third-order valence-corrected chi connectivity index (χ3v) is 4.28. The zero-order valence-corrected chi connectivity index (χ0v) is 16.6. The van der Waals surface area contributed by atoms with Gasteiger partial charge in [0.1, 0.15) is 11.5 Å². The van der Waals surface area contributed by atoms with Crippen LogP contribution in [0.2, 0.25) is 39.3 Å². The highest BCUT2D eigenvalue weighted by molar-refractivity contribution is 6.70. The van der Waals surface area contributed by atoms with Gasteiger partial charge in [-0.3, -0.25) is 0 Å². The van der Waals surface area contributed by atoms with Crippen molar-refractivity contribution in [1.82, 2.24) is 0 Å². The zero-order chi connectivity index (χ0) is 16.1. The normalized spacial score (nSPS) is 13.2. The van der Waals surface area contributed by atoms with Gasteiger partial charge in [-0.25, -0.2) is 0 Å². The molecule has 0 N–H and O–H groups in total. The molecule has 0 saturated carbocycles. The van der Waals surface area contributed by atoms with Crippen molar-refractivity contribution >= 4 is 22.4 Å². The lowest BCUT2D eigenvalue weighted by Crippen LogP contribution is -2.29. The van der Waals surface area contributed by atoms with Crippen LogP contribution >= 0.6 is 0 Å². The minimum Gasteiger partial charge on any atom is -0.544 e. The largest absolute Gasteiger partial charge is 0.544 e. The number of rotatable bonds is 7. The van der Waals surface area contributed by atoms with Crippen molar-refractivity contribution in [3.8, 4) is 5.75 Å². The molecule has 0 atom stereocenters. The van der Waals surface area contributed by atoms with E-state index in [0.717, 1.165) is 29.9 Å². The van der Waals surface area contributed by atoms with Gasteiger partial charge in [-0.1, -0.05) is 13.3 Å². The van der Waals surface area contributed by atoms with Crippen molar-refractivity contribution in [2.75, 3.05) is 0 Å². The second kappa shape index (κ2) is 7.32. The molecule has 0 aliphatic heterocycles. The molecule has 0 aliphatic rings. The van der Waals surface area contributed by atoms with Crippen LogP contribution in [-0.2, 0) is 4.43 Å². The average Bonchev–Trinajstić information content (AvgIpc) is 2.32. The summed E-state index contributed by atoms with van der Waals surface area (Å²) in [7, 11) is -3.14. The molecule has 4 heteroatoms. The predicted molar refractivity (Wildman–Crippen MR) is 97.7 cm³/mol. The highest BCUT2D eigenvalue weighted by atomic mass is 28.4. The van der Waals surface area contributed by atoms with Crippen LogP contribution in [0.25, 0.3) is 5.76 Å². The quantitative estimate of drug-likeness (QED) is 0.460. The molecule has 1 aromatic rings. The Kier molecular flexibility index (Phi) is 6.29. The highest BCUT2D eigenvalue weighted by Gasteiger charge is 2.19. The SMILES string of the molecule is CCC/C=C(/O[Si](C)(C)C)c1ccc(O[Si](C)(C)C)cc1. The summed E-state index contributed by atoms with van der Waals surface area (Å²) in [6, 6.07) is 8.33. The fourth-order valence-electron chi connectivity index (χ4n) is 1.86. The van der Waals surface area contributed by atoms with E-state index in [1.54, 1.807) is 0 Å². The maximum absolute atomic E-state index is 6.23. The lowest BCUT2D eigenvalue weighted by Gasteiger charge is -2.23. The summed E-state index contributed by atoms with van der Waals surface area (Å²) >= 11 is 0. The molecule has 118 valence electrons. The highest BCUT2D eigenvalue weighted by Crippen LogP contribution is 2.25. The fourth-order valence-corrected chi connectivity index (χ4v) is 3.57. The van der Waals surface area contributed by atoms with E-state index < -0.39 is 16.6 Å². The van der Waals surface area contributed by atoms with Crippen LogP contribution in [0.3, 0.4) is 0 Å². The van der Waals surface area contributed by atoms with E-state index in [1.165, 1.54) is 0 Å². The molecule has 0 heterocycles. The van der Waals surface area contributed by atoms with E-state index in [1.807, 2.05) is 0 Å². The first-order chi connectivity index (χ1) is 9.61. The van der Waals surface area contributed by atoms with Crippen molar-refractivity contribution in [1.29, 1.82) is 0 Å². The molecule has 0 saturated heterocycles. The van der Waals surface area contributed by atoms with E-state index in [2.05, 4.69) is 76.5 Å². The summed E-state index contributed by atoms with van der Waals surface area (Å²) in [6.07, 6.45) is 4.40. The molecular weight excluding hydrogens is 292 g/mol. The number of benzene rings is 1. The van der Waals surface area contributed by atoms with Gasteiger partial charge in [-0.05, 0) is 76.0 Å². The third-order valence-electron chi connectivity index (χ3n) is 2.60. The molecule has 1 aromatic carbocycles. The van der Waals surface area contributed by atoms with Crippen LogP contribution < -0.4 is 4.43 Å². The summed E-state index contributed by atoms with van der Waals surface area (Å²) in [5, 5.41) is 0. The molecule has 0 radical (unpaired) electrons. The van der Waals surface area contributed by atoms with Crippen LogP contribution in [0.1, 0.15) is 25.3 Å². The first-order valence-electron chi connectivity index (χ1n) is 7.79. The van der Waals surface area contributed by atoms with Crippen LogP contribution in [-0.4, -0.2) is 16.6 Å². The molecule has 2 nitrogen and oxygen atoms in total. The Morgan fingerprint density at radius 3 is 1.95 bits per heavy atom. The summed E-state index contributed by atoms with van der Waals surface area (Å²) in [5.74, 6) is 1.98. The van der Waals surface area contributed by atoms with Gasteiger partial charge in [-0.15, -0.1) is 0 Å². The number of hydrogen-bond donors (Lipinski definition) is 0. The summed E-state index contributed by atoms with van der Waals surface area (Å²) in [4.78, 5) is 0. The molecule has 0 amide bonds. The van der Waals surface area contributed by atoms with Crippen molar-refractivity contribution in [3.63, 3.8) is 0 Å². The first kappa shape index (κ1) is 18.0.